The van der Waals surface area contributed by atoms with Crippen molar-refractivity contribution in [3.05, 3.63) is 105 Å². The van der Waals surface area contributed by atoms with E-state index >= 15 is 0 Å². The highest BCUT2D eigenvalue weighted by atomic mass is 35.5. The van der Waals surface area contributed by atoms with Gasteiger partial charge in [-0.05, 0) is 42.3 Å². The summed E-state index contributed by atoms with van der Waals surface area (Å²) < 4.78 is 3.76. The summed E-state index contributed by atoms with van der Waals surface area (Å²) in [5, 5.41) is 1.53. The topological polar surface area (TPSA) is 52.2 Å². The Morgan fingerprint density at radius 2 is 1.84 bits per heavy atom. The molecule has 0 aliphatic heterocycles. The van der Waals surface area contributed by atoms with E-state index in [0.717, 1.165) is 27.4 Å². The van der Waals surface area contributed by atoms with Crippen molar-refractivity contribution in [3.63, 3.8) is 0 Å². The molecule has 0 fully saturated rings. The fraction of sp³-hybridized carbons (Fsp3) is 0.125. The lowest BCUT2D eigenvalue weighted by Crippen LogP contribution is -2.15. The van der Waals surface area contributed by atoms with Crippen LogP contribution >= 0.6 is 23.4 Å². The number of hydrogen-bond donors (Lipinski definition) is 0. The van der Waals surface area contributed by atoms with Gasteiger partial charge in [0.25, 0.3) is 5.56 Å². The number of aromatic nitrogens is 4. The van der Waals surface area contributed by atoms with Gasteiger partial charge in [-0.1, -0.05) is 59.8 Å². The summed E-state index contributed by atoms with van der Waals surface area (Å²) in [6.45, 7) is 2.66. The second-order valence-corrected chi connectivity index (χ2v) is 8.74. The fourth-order valence-electron chi connectivity index (χ4n) is 3.63. The number of aryl methyl sites for hydroxylation is 1. The zero-order chi connectivity index (χ0) is 21.4. The van der Waals surface area contributed by atoms with E-state index in [-0.39, 0.29) is 5.56 Å². The van der Waals surface area contributed by atoms with E-state index in [2.05, 4.69) is 16.7 Å². The normalized spacial score (nSPS) is 11.4. The minimum Gasteiger partial charge on any atom is -0.314 e. The van der Waals surface area contributed by atoms with Crippen LogP contribution < -0.4 is 5.56 Å². The van der Waals surface area contributed by atoms with Gasteiger partial charge in [0.2, 0.25) is 0 Å². The SMILES string of the molecule is Cc1cccn2c(=O)cc(CSc3nc4cc(Cl)ccc4n3Cc3ccccc3)nc12. The van der Waals surface area contributed by atoms with Crippen molar-refractivity contribution in [2.24, 2.45) is 0 Å². The Morgan fingerprint density at radius 1 is 1.00 bits per heavy atom. The predicted octanol–water partition coefficient (Wildman–Crippen LogP) is 5.35. The molecule has 0 aliphatic rings. The Kier molecular flexibility index (Phi) is 5.26. The molecule has 0 N–H and O–H groups in total. The average molecular weight is 447 g/mol. The second-order valence-electron chi connectivity index (χ2n) is 7.36. The molecule has 7 heteroatoms. The first-order chi connectivity index (χ1) is 15.1. The van der Waals surface area contributed by atoms with Crippen LogP contribution in [-0.4, -0.2) is 18.9 Å². The number of hydrogen-bond acceptors (Lipinski definition) is 4. The van der Waals surface area contributed by atoms with Gasteiger partial charge in [0, 0.05) is 23.0 Å². The number of thioether (sulfide) groups is 1. The molecular weight excluding hydrogens is 428 g/mol. The lowest BCUT2D eigenvalue weighted by atomic mass is 10.2. The standard InChI is InChI=1S/C24H19ClN4OS/c1-16-6-5-11-28-22(30)13-19(26-23(16)28)15-31-24-27-20-12-18(25)9-10-21(20)29(24)14-17-7-3-2-4-8-17/h2-13H,14-15H2,1H3. The van der Waals surface area contributed by atoms with Crippen molar-refractivity contribution >= 4 is 40.0 Å². The molecule has 3 aromatic heterocycles. The van der Waals surface area contributed by atoms with Crippen molar-refractivity contribution in [3.8, 4) is 0 Å². The molecule has 3 heterocycles. The Bertz CT molecular complexity index is 1460. The lowest BCUT2D eigenvalue weighted by molar-refractivity contribution is 0.731. The van der Waals surface area contributed by atoms with Crippen LogP contribution in [0.4, 0.5) is 0 Å². The maximum atomic E-state index is 12.5. The van der Waals surface area contributed by atoms with Crippen LogP contribution in [0.15, 0.2) is 82.9 Å². The number of imidazole rings is 1. The van der Waals surface area contributed by atoms with Crippen LogP contribution in [0, 0.1) is 6.92 Å². The molecule has 5 nitrogen and oxygen atoms in total. The molecule has 0 amide bonds. The molecule has 0 saturated carbocycles. The highest BCUT2D eigenvalue weighted by molar-refractivity contribution is 7.98. The van der Waals surface area contributed by atoms with Crippen LogP contribution in [0.1, 0.15) is 16.8 Å². The monoisotopic (exact) mass is 446 g/mol. The van der Waals surface area contributed by atoms with Gasteiger partial charge in [-0.2, -0.15) is 0 Å². The molecule has 0 atom stereocenters. The molecule has 2 aromatic carbocycles. The fourth-order valence-corrected chi connectivity index (χ4v) is 4.70. The van der Waals surface area contributed by atoms with Crippen LogP contribution in [0.25, 0.3) is 16.7 Å². The van der Waals surface area contributed by atoms with Crippen LogP contribution in [0.3, 0.4) is 0 Å². The Hall–Kier alpha value is -3.09. The van der Waals surface area contributed by atoms with Crippen molar-refractivity contribution in [2.45, 2.75) is 24.4 Å². The van der Waals surface area contributed by atoms with Gasteiger partial charge in [0.1, 0.15) is 5.65 Å². The molecule has 0 saturated heterocycles. The smallest absolute Gasteiger partial charge is 0.258 e. The molecule has 0 spiro atoms. The number of fused-ring (bicyclic) bond motifs is 2. The van der Waals surface area contributed by atoms with E-state index in [9.17, 15) is 4.79 Å². The van der Waals surface area contributed by atoms with Gasteiger partial charge in [0.05, 0.1) is 23.3 Å². The van der Waals surface area contributed by atoms with E-state index in [0.29, 0.717) is 23.0 Å². The van der Waals surface area contributed by atoms with Gasteiger partial charge in [-0.3, -0.25) is 9.20 Å². The summed E-state index contributed by atoms with van der Waals surface area (Å²) in [6, 6.07) is 21.5. The van der Waals surface area contributed by atoms with Crippen molar-refractivity contribution in [1.29, 1.82) is 0 Å². The Labute approximate surface area is 188 Å². The molecular formula is C24H19ClN4OS. The van der Waals surface area contributed by atoms with E-state index in [4.69, 9.17) is 21.6 Å². The van der Waals surface area contributed by atoms with Crippen molar-refractivity contribution in [1.82, 2.24) is 18.9 Å². The highest BCUT2D eigenvalue weighted by Gasteiger charge is 2.14. The number of nitrogens with zero attached hydrogens (tertiary/aromatic N) is 4. The third-order valence-corrected chi connectivity index (χ3v) is 6.39. The summed E-state index contributed by atoms with van der Waals surface area (Å²) in [6.07, 6.45) is 1.75. The molecule has 5 aromatic rings. The van der Waals surface area contributed by atoms with Crippen LogP contribution in [0.5, 0.6) is 0 Å². The average Bonchev–Trinajstić information content (AvgIpc) is 3.10. The van der Waals surface area contributed by atoms with Crippen molar-refractivity contribution in [2.75, 3.05) is 0 Å². The molecule has 0 aliphatic carbocycles. The van der Waals surface area contributed by atoms with E-state index in [1.165, 1.54) is 5.56 Å². The lowest BCUT2D eigenvalue weighted by Gasteiger charge is -2.10. The number of benzene rings is 2. The largest absolute Gasteiger partial charge is 0.314 e. The minimum absolute atomic E-state index is 0.0751. The maximum Gasteiger partial charge on any atom is 0.258 e. The second kappa shape index (κ2) is 8.21. The molecule has 0 radical (unpaired) electrons. The predicted molar refractivity (Wildman–Crippen MR) is 126 cm³/mol. The highest BCUT2D eigenvalue weighted by Crippen LogP contribution is 2.29. The van der Waals surface area contributed by atoms with E-state index in [1.54, 1.807) is 28.4 Å². The number of rotatable bonds is 5. The summed E-state index contributed by atoms with van der Waals surface area (Å²) in [5.74, 6) is 0.548. The Morgan fingerprint density at radius 3 is 2.68 bits per heavy atom. The quantitative estimate of drug-likeness (QED) is 0.342. The maximum absolute atomic E-state index is 12.5. The van der Waals surface area contributed by atoms with Crippen LogP contribution in [-0.2, 0) is 12.3 Å². The zero-order valence-electron chi connectivity index (χ0n) is 16.8. The summed E-state index contributed by atoms with van der Waals surface area (Å²) in [4.78, 5) is 22.1. The van der Waals surface area contributed by atoms with E-state index in [1.807, 2.05) is 55.5 Å². The van der Waals surface area contributed by atoms with Gasteiger partial charge in [-0.25, -0.2) is 9.97 Å². The first-order valence-corrected chi connectivity index (χ1v) is 11.3. The summed E-state index contributed by atoms with van der Waals surface area (Å²) in [5.41, 5.74) is 5.39. The molecule has 0 bridgehead atoms. The zero-order valence-corrected chi connectivity index (χ0v) is 18.4. The molecule has 31 heavy (non-hydrogen) atoms. The molecule has 5 rings (SSSR count). The van der Waals surface area contributed by atoms with E-state index < -0.39 is 0 Å². The molecule has 154 valence electrons. The first-order valence-electron chi connectivity index (χ1n) is 9.89. The summed E-state index contributed by atoms with van der Waals surface area (Å²) >= 11 is 7.77. The van der Waals surface area contributed by atoms with Crippen LogP contribution in [0.2, 0.25) is 5.02 Å². The van der Waals surface area contributed by atoms with Gasteiger partial charge in [-0.15, -0.1) is 0 Å². The van der Waals surface area contributed by atoms with Gasteiger partial charge in [0.15, 0.2) is 5.16 Å². The third-order valence-electron chi connectivity index (χ3n) is 5.15. The van der Waals surface area contributed by atoms with Gasteiger partial charge >= 0.3 is 0 Å². The number of pyridine rings is 1. The number of halogens is 1. The molecule has 0 unspecified atom stereocenters. The van der Waals surface area contributed by atoms with Crippen molar-refractivity contribution < 1.29 is 0 Å². The summed E-state index contributed by atoms with van der Waals surface area (Å²) in [7, 11) is 0. The third kappa shape index (κ3) is 3.96. The van der Waals surface area contributed by atoms with Gasteiger partial charge < -0.3 is 4.57 Å². The first kappa shape index (κ1) is 19.8. The Balaban J connectivity index is 1.52. The minimum atomic E-state index is -0.0751.